The van der Waals surface area contributed by atoms with Crippen LogP contribution in [0.3, 0.4) is 0 Å². The highest BCUT2D eigenvalue weighted by molar-refractivity contribution is 7.13. The van der Waals surface area contributed by atoms with Crippen LogP contribution in [0.5, 0.6) is 11.5 Å². The Kier molecular flexibility index (Phi) is 12.7. The molecule has 14 heteroatoms. The van der Waals surface area contributed by atoms with Crippen molar-refractivity contribution in [2.24, 2.45) is 0 Å². The number of esters is 1. The highest BCUT2D eigenvalue weighted by atomic mass is 32.1. The molecule has 4 aromatic rings. The Morgan fingerprint density at radius 1 is 0.925 bits per heavy atom. The number of benzene rings is 2. The zero-order chi connectivity index (χ0) is 38.1. The molecule has 1 aliphatic heterocycles. The van der Waals surface area contributed by atoms with E-state index in [1.54, 1.807) is 75.6 Å². The number of thiophene rings is 1. The van der Waals surface area contributed by atoms with Crippen molar-refractivity contribution < 1.29 is 42.9 Å². The first-order valence-corrected chi connectivity index (χ1v) is 18.1. The summed E-state index contributed by atoms with van der Waals surface area (Å²) in [6.45, 7) is 8.75. The Bertz CT molecular complexity index is 1990. The predicted molar refractivity (Wildman–Crippen MR) is 201 cm³/mol. The van der Waals surface area contributed by atoms with Gasteiger partial charge in [-0.3, -0.25) is 9.59 Å². The van der Waals surface area contributed by atoms with E-state index >= 15 is 0 Å². The number of nitrogens with one attached hydrogen (secondary N) is 3. The van der Waals surface area contributed by atoms with E-state index in [9.17, 15) is 19.2 Å². The van der Waals surface area contributed by atoms with Crippen LogP contribution in [-0.2, 0) is 27.2 Å². The average Bonchev–Trinajstić information content (AvgIpc) is 3.53. The SMILES string of the molecule is CCCNC(=O)c1ccc(-c2cc3c(cc2C(=O)Nc2ccc(CNC(=O)OC(C)(C)C)cc2OCCOC)-c2sccc2CCO3)c(C(=O)OC)n1. The lowest BCUT2D eigenvalue weighted by Gasteiger charge is -2.20. The molecule has 0 fully saturated rings. The molecule has 5 rings (SSSR count). The van der Waals surface area contributed by atoms with Gasteiger partial charge in [-0.2, -0.15) is 0 Å². The molecule has 1 aliphatic rings. The maximum absolute atomic E-state index is 14.5. The van der Waals surface area contributed by atoms with Gasteiger partial charge in [0.2, 0.25) is 0 Å². The number of methoxy groups -OCH3 is 2. The Morgan fingerprint density at radius 2 is 1.74 bits per heavy atom. The van der Waals surface area contributed by atoms with E-state index in [1.807, 2.05) is 18.4 Å². The lowest BCUT2D eigenvalue weighted by molar-refractivity contribution is 0.0521. The van der Waals surface area contributed by atoms with Crippen molar-refractivity contribution in [2.75, 3.05) is 45.9 Å². The number of alkyl carbamates (subject to hydrolysis) is 1. The molecule has 3 N–H and O–H groups in total. The molecule has 53 heavy (non-hydrogen) atoms. The van der Waals surface area contributed by atoms with Crippen LogP contribution in [0.4, 0.5) is 10.5 Å². The van der Waals surface area contributed by atoms with Crippen molar-refractivity contribution in [3.05, 3.63) is 82.0 Å². The summed E-state index contributed by atoms with van der Waals surface area (Å²) >= 11 is 1.54. The van der Waals surface area contributed by atoms with E-state index in [0.29, 0.717) is 54.5 Å². The summed E-state index contributed by atoms with van der Waals surface area (Å²) < 4.78 is 27.8. The fourth-order valence-electron chi connectivity index (χ4n) is 5.52. The van der Waals surface area contributed by atoms with Gasteiger partial charge >= 0.3 is 12.1 Å². The third kappa shape index (κ3) is 9.70. The molecule has 0 saturated carbocycles. The normalized spacial score (nSPS) is 12.0. The summed E-state index contributed by atoms with van der Waals surface area (Å²) in [5, 5.41) is 10.5. The number of carbonyl (C=O) groups excluding carboxylic acids is 4. The van der Waals surface area contributed by atoms with Crippen LogP contribution in [0, 0.1) is 0 Å². The van der Waals surface area contributed by atoms with Gasteiger partial charge in [-0.15, -0.1) is 11.3 Å². The Balaban J connectivity index is 1.58. The van der Waals surface area contributed by atoms with E-state index < -0.39 is 29.5 Å². The van der Waals surface area contributed by atoms with Gasteiger partial charge in [-0.1, -0.05) is 13.0 Å². The second-order valence-electron chi connectivity index (χ2n) is 13.1. The van der Waals surface area contributed by atoms with Gasteiger partial charge in [0.1, 0.15) is 29.4 Å². The zero-order valence-electron chi connectivity index (χ0n) is 30.7. The van der Waals surface area contributed by atoms with Crippen LogP contribution in [-0.4, -0.2) is 75.0 Å². The van der Waals surface area contributed by atoms with Crippen LogP contribution in [0.15, 0.2) is 53.9 Å². The number of anilines is 1. The van der Waals surface area contributed by atoms with E-state index in [2.05, 4.69) is 20.9 Å². The highest BCUT2D eigenvalue weighted by Gasteiger charge is 2.27. The van der Waals surface area contributed by atoms with Crippen molar-refractivity contribution in [1.82, 2.24) is 15.6 Å². The number of amides is 3. The molecule has 0 aliphatic carbocycles. The van der Waals surface area contributed by atoms with Crippen LogP contribution in [0.1, 0.15) is 76.6 Å². The molecule has 0 bridgehead atoms. The topological polar surface area (TPSA) is 163 Å². The summed E-state index contributed by atoms with van der Waals surface area (Å²) in [4.78, 5) is 58.2. The monoisotopic (exact) mass is 744 g/mol. The van der Waals surface area contributed by atoms with Crippen molar-refractivity contribution in [3.63, 3.8) is 0 Å². The fourth-order valence-corrected chi connectivity index (χ4v) is 6.50. The van der Waals surface area contributed by atoms with Crippen molar-refractivity contribution in [1.29, 1.82) is 0 Å². The third-order valence-electron chi connectivity index (χ3n) is 7.99. The van der Waals surface area contributed by atoms with Crippen LogP contribution in [0.25, 0.3) is 21.6 Å². The Labute approximate surface area is 312 Å². The number of ether oxygens (including phenoxy) is 5. The van der Waals surface area contributed by atoms with Gasteiger partial charge in [-0.25, -0.2) is 14.6 Å². The molecule has 0 unspecified atom stereocenters. The Morgan fingerprint density at radius 3 is 2.47 bits per heavy atom. The van der Waals surface area contributed by atoms with E-state index in [0.717, 1.165) is 22.4 Å². The van der Waals surface area contributed by atoms with E-state index in [1.165, 1.54) is 13.2 Å². The third-order valence-corrected chi connectivity index (χ3v) is 8.98. The van der Waals surface area contributed by atoms with Crippen LogP contribution < -0.4 is 25.4 Å². The predicted octanol–water partition coefficient (Wildman–Crippen LogP) is 6.64. The molecule has 13 nitrogen and oxygen atoms in total. The average molecular weight is 745 g/mol. The second kappa shape index (κ2) is 17.4. The first-order chi connectivity index (χ1) is 25.4. The lowest BCUT2D eigenvalue weighted by Crippen LogP contribution is -2.32. The summed E-state index contributed by atoms with van der Waals surface area (Å²) in [6.07, 6.45) is 0.830. The van der Waals surface area contributed by atoms with Gasteiger partial charge in [0.15, 0.2) is 5.69 Å². The van der Waals surface area contributed by atoms with Gasteiger partial charge in [0.25, 0.3) is 11.8 Å². The van der Waals surface area contributed by atoms with Gasteiger partial charge < -0.3 is 39.6 Å². The molecule has 280 valence electrons. The minimum absolute atomic E-state index is 0.0296. The maximum Gasteiger partial charge on any atom is 0.407 e. The first-order valence-electron chi connectivity index (χ1n) is 17.2. The zero-order valence-corrected chi connectivity index (χ0v) is 31.5. The number of fused-ring (bicyclic) bond motifs is 3. The van der Waals surface area contributed by atoms with Gasteiger partial charge in [-0.05, 0) is 86.2 Å². The lowest BCUT2D eigenvalue weighted by atomic mass is 9.93. The summed E-state index contributed by atoms with van der Waals surface area (Å²) in [7, 11) is 2.78. The molecule has 2 aromatic heterocycles. The summed E-state index contributed by atoms with van der Waals surface area (Å²) in [5.74, 6) is -0.857. The molecule has 3 heterocycles. The van der Waals surface area contributed by atoms with E-state index in [-0.39, 0.29) is 35.7 Å². The maximum atomic E-state index is 14.5. The first kappa shape index (κ1) is 38.8. The quantitative estimate of drug-likeness (QED) is 0.0999. The number of nitrogens with zero attached hydrogens (tertiary/aromatic N) is 1. The molecular formula is C39H44N4O9S. The fraction of sp³-hybridized carbons (Fsp3) is 0.359. The molecule has 3 amide bonds. The minimum atomic E-state index is -0.780. The highest BCUT2D eigenvalue weighted by Crippen LogP contribution is 2.43. The molecular weight excluding hydrogens is 701 g/mol. The molecule has 0 atom stereocenters. The smallest absolute Gasteiger partial charge is 0.407 e. The second-order valence-corrected chi connectivity index (χ2v) is 14.0. The number of pyridine rings is 1. The number of hydrogen-bond donors (Lipinski definition) is 3. The number of carbonyl (C=O) groups is 4. The summed E-state index contributed by atoms with van der Waals surface area (Å²) in [6, 6.07) is 13.7. The Hall–Kier alpha value is -5.47. The summed E-state index contributed by atoms with van der Waals surface area (Å²) in [5.41, 5.74) is 2.94. The number of rotatable bonds is 13. The van der Waals surface area contributed by atoms with E-state index in [4.69, 9.17) is 23.7 Å². The van der Waals surface area contributed by atoms with Gasteiger partial charge in [0, 0.05) is 53.8 Å². The standard InChI is InChI=1S/C39H44N4O9S/c1-7-14-40-36(45)30-11-9-25(33(42-30)37(46)49-6)26-21-31-28(34-24(12-15-50-31)13-18-53-34)20-27(26)35(44)43-29-10-8-23(19-32(29)51-17-16-48-5)22-41-38(47)52-39(2,3)4/h8-11,13,18-21H,7,12,14-17,22H2,1-6H3,(H,40,45)(H,41,47)(H,43,44). The molecule has 0 radical (unpaired) electrons. The van der Waals surface area contributed by atoms with Crippen molar-refractivity contribution >= 4 is 40.9 Å². The number of hydrogen-bond acceptors (Lipinski definition) is 11. The van der Waals surface area contributed by atoms with Gasteiger partial charge in [0.05, 0.1) is 26.0 Å². The van der Waals surface area contributed by atoms with Crippen molar-refractivity contribution in [2.45, 2.75) is 52.7 Å². The molecule has 0 spiro atoms. The van der Waals surface area contributed by atoms with Crippen molar-refractivity contribution in [3.8, 4) is 33.1 Å². The van der Waals surface area contributed by atoms with Crippen LogP contribution >= 0.6 is 11.3 Å². The van der Waals surface area contributed by atoms with Crippen LogP contribution in [0.2, 0.25) is 0 Å². The number of aromatic nitrogens is 1. The molecule has 2 aromatic carbocycles. The minimum Gasteiger partial charge on any atom is -0.493 e. The largest absolute Gasteiger partial charge is 0.493 e. The molecule has 0 saturated heterocycles.